The van der Waals surface area contributed by atoms with Crippen LogP contribution in [0.2, 0.25) is 0 Å². The molecule has 1 atom stereocenters. The van der Waals surface area contributed by atoms with Gasteiger partial charge in [-0.25, -0.2) is 8.42 Å². The number of nitrogens with zero attached hydrogens (tertiary/aromatic N) is 2. The third kappa shape index (κ3) is 5.70. The van der Waals surface area contributed by atoms with Crippen LogP contribution in [0.25, 0.3) is 0 Å². The SMILES string of the molecule is O=C(CC(F)(F)F)N1CCC(Cc2ccc(S(=O)(=O)N3CCC(O)C3)cc2)CC1. The van der Waals surface area contributed by atoms with E-state index in [9.17, 15) is 31.5 Å². The number of alkyl halides is 3. The van der Waals surface area contributed by atoms with Gasteiger partial charge in [-0.3, -0.25) is 4.79 Å². The van der Waals surface area contributed by atoms with Crippen LogP contribution in [0.4, 0.5) is 13.2 Å². The van der Waals surface area contributed by atoms with Gasteiger partial charge in [-0.2, -0.15) is 17.5 Å². The van der Waals surface area contributed by atoms with E-state index in [1.165, 1.54) is 9.21 Å². The summed E-state index contributed by atoms with van der Waals surface area (Å²) in [5.74, 6) is -0.640. The summed E-state index contributed by atoms with van der Waals surface area (Å²) in [6.07, 6.45) is -4.17. The smallest absolute Gasteiger partial charge is 0.392 e. The van der Waals surface area contributed by atoms with Crippen LogP contribution in [-0.2, 0) is 21.2 Å². The van der Waals surface area contributed by atoms with Gasteiger partial charge < -0.3 is 10.0 Å². The number of carbonyl (C=O) groups excluding carboxylic acids is 1. The Kier molecular flexibility index (Phi) is 6.54. The predicted octanol–water partition coefficient (Wildman–Crippen LogP) is 2.18. The van der Waals surface area contributed by atoms with Crippen molar-refractivity contribution in [2.45, 2.75) is 49.3 Å². The molecule has 2 aliphatic heterocycles. The number of benzene rings is 1. The normalized spacial score (nSPS) is 22.2. The first kappa shape index (κ1) is 22.0. The Hall–Kier alpha value is -1.65. The third-order valence-corrected chi connectivity index (χ3v) is 7.41. The standard InChI is InChI=1S/C19H25F3N2O4S/c20-19(21,22)12-18(26)23-8-5-15(6-9-23)11-14-1-3-17(4-2-14)29(27,28)24-10-7-16(25)13-24/h1-4,15-16,25H,5-13H2. The molecule has 0 radical (unpaired) electrons. The molecular formula is C19H25F3N2O4S. The number of hydrogen-bond acceptors (Lipinski definition) is 4. The summed E-state index contributed by atoms with van der Waals surface area (Å²) in [7, 11) is -3.62. The minimum atomic E-state index is -4.48. The van der Waals surface area contributed by atoms with Crippen molar-refractivity contribution in [1.29, 1.82) is 0 Å². The van der Waals surface area contributed by atoms with Gasteiger partial charge in [-0.15, -0.1) is 0 Å². The lowest BCUT2D eigenvalue weighted by Crippen LogP contribution is -2.40. The second-order valence-electron chi connectivity index (χ2n) is 7.77. The molecule has 3 rings (SSSR count). The fourth-order valence-corrected chi connectivity index (χ4v) is 5.37. The molecular weight excluding hydrogens is 409 g/mol. The molecule has 1 amide bonds. The quantitative estimate of drug-likeness (QED) is 0.771. The van der Waals surface area contributed by atoms with E-state index in [0.29, 0.717) is 45.3 Å². The van der Waals surface area contributed by atoms with Crippen LogP contribution in [0.3, 0.4) is 0 Å². The van der Waals surface area contributed by atoms with Gasteiger partial charge in [0.1, 0.15) is 6.42 Å². The van der Waals surface area contributed by atoms with Crippen molar-refractivity contribution in [1.82, 2.24) is 9.21 Å². The number of hydrogen-bond donors (Lipinski definition) is 1. The highest BCUT2D eigenvalue weighted by atomic mass is 32.2. The number of likely N-dealkylation sites (tertiary alicyclic amines) is 1. The van der Waals surface area contributed by atoms with Gasteiger partial charge >= 0.3 is 6.18 Å². The molecule has 0 spiro atoms. The maximum Gasteiger partial charge on any atom is 0.397 e. The first-order valence-electron chi connectivity index (χ1n) is 9.66. The Morgan fingerprint density at radius 2 is 1.69 bits per heavy atom. The maximum atomic E-state index is 12.6. The summed E-state index contributed by atoms with van der Waals surface area (Å²) >= 11 is 0. The van der Waals surface area contributed by atoms with Crippen molar-refractivity contribution in [3.63, 3.8) is 0 Å². The summed E-state index contributed by atoms with van der Waals surface area (Å²) < 4.78 is 63.5. The molecule has 0 bridgehead atoms. The topological polar surface area (TPSA) is 77.9 Å². The van der Waals surface area contributed by atoms with Crippen molar-refractivity contribution in [3.05, 3.63) is 29.8 Å². The van der Waals surface area contributed by atoms with Crippen molar-refractivity contribution in [2.24, 2.45) is 5.92 Å². The van der Waals surface area contributed by atoms with Gasteiger partial charge in [-0.1, -0.05) is 12.1 Å². The lowest BCUT2D eigenvalue weighted by Gasteiger charge is -2.32. The summed E-state index contributed by atoms with van der Waals surface area (Å²) in [5, 5.41) is 9.56. The molecule has 2 aliphatic rings. The Bertz CT molecular complexity index is 819. The van der Waals surface area contributed by atoms with Gasteiger partial charge in [0.25, 0.3) is 0 Å². The van der Waals surface area contributed by atoms with Crippen molar-refractivity contribution >= 4 is 15.9 Å². The highest BCUT2D eigenvalue weighted by molar-refractivity contribution is 7.89. The first-order valence-corrected chi connectivity index (χ1v) is 11.1. The highest BCUT2D eigenvalue weighted by Gasteiger charge is 2.35. The number of amides is 1. The van der Waals surface area contributed by atoms with E-state index in [4.69, 9.17) is 0 Å². The van der Waals surface area contributed by atoms with E-state index < -0.39 is 34.6 Å². The van der Waals surface area contributed by atoms with E-state index in [2.05, 4.69) is 0 Å². The number of rotatable bonds is 5. The van der Waals surface area contributed by atoms with Crippen LogP contribution in [0.5, 0.6) is 0 Å². The molecule has 10 heteroatoms. The second-order valence-corrected chi connectivity index (χ2v) is 9.71. The molecule has 0 saturated carbocycles. The number of aliphatic hydroxyl groups excluding tert-OH is 1. The fraction of sp³-hybridized carbons (Fsp3) is 0.632. The molecule has 1 aromatic rings. The van der Waals surface area contributed by atoms with Crippen LogP contribution in [0, 0.1) is 5.92 Å². The molecule has 29 heavy (non-hydrogen) atoms. The minimum Gasteiger partial charge on any atom is -0.392 e. The molecule has 2 saturated heterocycles. The molecule has 2 heterocycles. The van der Waals surface area contributed by atoms with E-state index >= 15 is 0 Å². The molecule has 0 aromatic heterocycles. The molecule has 6 nitrogen and oxygen atoms in total. The van der Waals surface area contributed by atoms with Crippen LogP contribution in [-0.4, -0.2) is 67.1 Å². The number of β-amino-alcohol motifs (C(OH)–C–C–N with tert-alkyl or cyclic N) is 1. The molecule has 1 aromatic carbocycles. The van der Waals surface area contributed by atoms with Crippen molar-refractivity contribution in [3.8, 4) is 0 Å². The minimum absolute atomic E-state index is 0.107. The Morgan fingerprint density at radius 3 is 2.21 bits per heavy atom. The Balaban J connectivity index is 1.53. The van der Waals surface area contributed by atoms with Gasteiger partial charge in [0.15, 0.2) is 0 Å². The fourth-order valence-electron chi connectivity index (χ4n) is 3.88. The number of halogens is 3. The van der Waals surface area contributed by atoms with Crippen molar-refractivity contribution < 1.29 is 31.5 Å². The van der Waals surface area contributed by atoms with Crippen LogP contribution in [0.15, 0.2) is 29.2 Å². The average Bonchev–Trinajstić information content (AvgIpc) is 3.09. The average molecular weight is 434 g/mol. The summed E-state index contributed by atoms with van der Waals surface area (Å²) in [5.41, 5.74) is 0.950. The van der Waals surface area contributed by atoms with Gasteiger partial charge in [0.2, 0.25) is 15.9 Å². The number of sulfonamides is 1. The van der Waals surface area contributed by atoms with E-state index in [0.717, 1.165) is 5.56 Å². The first-order chi connectivity index (χ1) is 13.5. The monoisotopic (exact) mass is 434 g/mol. The molecule has 1 N–H and O–H groups in total. The van der Waals surface area contributed by atoms with Gasteiger partial charge in [0, 0.05) is 26.2 Å². The second kappa shape index (κ2) is 8.61. The zero-order chi connectivity index (χ0) is 21.2. The van der Waals surface area contributed by atoms with Gasteiger partial charge in [0.05, 0.1) is 11.0 Å². The number of piperidine rings is 1. The van der Waals surface area contributed by atoms with E-state index in [1.807, 2.05) is 0 Å². The molecule has 162 valence electrons. The summed E-state index contributed by atoms with van der Waals surface area (Å²) in [6.45, 7) is 1.03. The van der Waals surface area contributed by atoms with Crippen LogP contribution < -0.4 is 0 Å². The van der Waals surface area contributed by atoms with Gasteiger partial charge in [-0.05, 0) is 49.3 Å². The summed E-state index contributed by atoms with van der Waals surface area (Å²) in [4.78, 5) is 13.1. The molecule has 1 unspecified atom stereocenters. The zero-order valence-corrected chi connectivity index (χ0v) is 16.8. The lowest BCUT2D eigenvalue weighted by molar-refractivity contribution is -0.162. The van der Waals surface area contributed by atoms with Crippen LogP contribution >= 0.6 is 0 Å². The van der Waals surface area contributed by atoms with E-state index in [-0.39, 0.29) is 17.4 Å². The van der Waals surface area contributed by atoms with Crippen molar-refractivity contribution in [2.75, 3.05) is 26.2 Å². The maximum absolute atomic E-state index is 12.6. The van der Waals surface area contributed by atoms with E-state index in [1.54, 1.807) is 24.3 Å². The summed E-state index contributed by atoms with van der Waals surface area (Å²) in [6, 6.07) is 6.61. The number of aliphatic hydroxyl groups is 1. The predicted molar refractivity (Wildman–Crippen MR) is 99.5 cm³/mol. The third-order valence-electron chi connectivity index (χ3n) is 5.53. The lowest BCUT2D eigenvalue weighted by atomic mass is 9.90. The Morgan fingerprint density at radius 1 is 1.07 bits per heavy atom. The molecule has 2 fully saturated rings. The largest absolute Gasteiger partial charge is 0.397 e. The number of carbonyl (C=O) groups is 1. The highest BCUT2D eigenvalue weighted by Crippen LogP contribution is 2.27. The Labute approximate surface area is 168 Å². The molecule has 0 aliphatic carbocycles. The zero-order valence-electron chi connectivity index (χ0n) is 15.9. The van der Waals surface area contributed by atoms with Crippen LogP contribution in [0.1, 0.15) is 31.2 Å².